The van der Waals surface area contributed by atoms with E-state index in [9.17, 15) is 4.79 Å². The lowest BCUT2D eigenvalue weighted by Gasteiger charge is -2.32. The summed E-state index contributed by atoms with van der Waals surface area (Å²) in [5, 5.41) is 0. The highest BCUT2D eigenvalue weighted by molar-refractivity contribution is 5.97. The van der Waals surface area contributed by atoms with Crippen LogP contribution in [-0.2, 0) is 11.3 Å². The van der Waals surface area contributed by atoms with Gasteiger partial charge >= 0.3 is 0 Å². The van der Waals surface area contributed by atoms with Crippen LogP contribution < -0.4 is 0 Å². The van der Waals surface area contributed by atoms with Gasteiger partial charge in [-0.25, -0.2) is 9.97 Å². The molecule has 0 unspecified atom stereocenters. The minimum atomic E-state index is 0.0730. The summed E-state index contributed by atoms with van der Waals surface area (Å²) >= 11 is 0. The van der Waals surface area contributed by atoms with E-state index in [1.165, 1.54) is 0 Å². The van der Waals surface area contributed by atoms with Gasteiger partial charge in [0.05, 0.1) is 17.6 Å². The minimum absolute atomic E-state index is 0.0730. The number of nitrogens with zero attached hydrogens (tertiary/aromatic N) is 4. The van der Waals surface area contributed by atoms with Crippen molar-refractivity contribution < 1.29 is 9.53 Å². The number of H-pyrrole nitrogens is 1. The fraction of sp³-hybridized carbons (Fsp3) is 0.450. The SMILES string of the molecule is COCCn1ccnc1[C@H]1CCCN(C(=O)c2ccc3nc(C)[nH]c3c2)C1. The summed E-state index contributed by atoms with van der Waals surface area (Å²) in [6.07, 6.45) is 5.86. The van der Waals surface area contributed by atoms with Crippen molar-refractivity contribution in [3.05, 3.63) is 47.8 Å². The van der Waals surface area contributed by atoms with Gasteiger partial charge in [0.1, 0.15) is 11.6 Å². The molecule has 4 rings (SSSR count). The van der Waals surface area contributed by atoms with E-state index < -0.39 is 0 Å². The minimum Gasteiger partial charge on any atom is -0.383 e. The van der Waals surface area contributed by atoms with Crippen molar-refractivity contribution in [3.8, 4) is 0 Å². The first-order chi connectivity index (χ1) is 13.2. The number of hydrogen-bond acceptors (Lipinski definition) is 4. The molecular weight excluding hydrogens is 342 g/mol. The molecule has 1 N–H and O–H groups in total. The molecule has 1 aromatic carbocycles. The van der Waals surface area contributed by atoms with E-state index >= 15 is 0 Å². The zero-order chi connectivity index (χ0) is 18.8. The number of carbonyl (C=O) groups excluding carboxylic acids is 1. The van der Waals surface area contributed by atoms with Crippen molar-refractivity contribution in [3.63, 3.8) is 0 Å². The molecule has 0 radical (unpaired) electrons. The maximum Gasteiger partial charge on any atom is 0.253 e. The summed E-state index contributed by atoms with van der Waals surface area (Å²) in [4.78, 5) is 27.2. The second kappa shape index (κ2) is 7.52. The molecule has 0 spiro atoms. The average molecular weight is 367 g/mol. The third-order valence-electron chi connectivity index (χ3n) is 5.20. The summed E-state index contributed by atoms with van der Waals surface area (Å²) in [5.41, 5.74) is 2.50. The van der Waals surface area contributed by atoms with Gasteiger partial charge in [-0.1, -0.05) is 0 Å². The summed E-state index contributed by atoms with van der Waals surface area (Å²) < 4.78 is 7.33. The van der Waals surface area contributed by atoms with Crippen LogP contribution in [0.2, 0.25) is 0 Å². The lowest BCUT2D eigenvalue weighted by atomic mass is 9.96. The van der Waals surface area contributed by atoms with Gasteiger partial charge in [-0.15, -0.1) is 0 Å². The van der Waals surface area contributed by atoms with Crippen LogP contribution >= 0.6 is 0 Å². The number of fused-ring (bicyclic) bond motifs is 1. The zero-order valence-corrected chi connectivity index (χ0v) is 15.8. The number of rotatable bonds is 5. The fourth-order valence-electron chi connectivity index (χ4n) is 3.88. The summed E-state index contributed by atoms with van der Waals surface area (Å²) in [6.45, 7) is 4.84. The van der Waals surface area contributed by atoms with Crippen LogP contribution in [0, 0.1) is 6.92 Å². The Morgan fingerprint density at radius 2 is 2.30 bits per heavy atom. The van der Waals surface area contributed by atoms with Crippen molar-refractivity contribution >= 4 is 16.9 Å². The number of aromatic nitrogens is 4. The first kappa shape index (κ1) is 17.7. The predicted octanol–water partition coefficient (Wildman–Crippen LogP) is 2.73. The largest absolute Gasteiger partial charge is 0.383 e. The fourth-order valence-corrected chi connectivity index (χ4v) is 3.88. The number of aryl methyl sites for hydroxylation is 1. The lowest BCUT2D eigenvalue weighted by Crippen LogP contribution is -2.39. The molecule has 1 fully saturated rings. The van der Waals surface area contributed by atoms with Crippen molar-refractivity contribution in [2.24, 2.45) is 0 Å². The number of hydrogen-bond donors (Lipinski definition) is 1. The number of ether oxygens (including phenoxy) is 1. The molecule has 3 heterocycles. The summed E-state index contributed by atoms with van der Waals surface area (Å²) in [5.74, 6) is 2.23. The van der Waals surface area contributed by atoms with Gasteiger partial charge in [-0.2, -0.15) is 0 Å². The molecule has 2 aromatic heterocycles. The number of nitrogens with one attached hydrogen (secondary N) is 1. The maximum absolute atomic E-state index is 13.1. The number of benzene rings is 1. The van der Waals surface area contributed by atoms with Gasteiger partial charge in [0, 0.05) is 50.6 Å². The Morgan fingerprint density at radius 1 is 1.41 bits per heavy atom. The monoisotopic (exact) mass is 367 g/mol. The Labute approximate surface area is 158 Å². The van der Waals surface area contributed by atoms with Gasteiger partial charge in [-0.05, 0) is 38.0 Å². The number of carbonyl (C=O) groups is 1. The van der Waals surface area contributed by atoms with E-state index in [-0.39, 0.29) is 11.8 Å². The topological polar surface area (TPSA) is 76.0 Å². The molecule has 0 bridgehead atoms. The normalized spacial score (nSPS) is 17.6. The van der Waals surface area contributed by atoms with Gasteiger partial charge < -0.3 is 19.2 Å². The molecule has 142 valence electrons. The molecule has 7 heteroatoms. The second-order valence-corrected chi connectivity index (χ2v) is 7.12. The molecule has 0 saturated carbocycles. The van der Waals surface area contributed by atoms with Crippen LogP contribution in [0.5, 0.6) is 0 Å². The Morgan fingerprint density at radius 3 is 3.15 bits per heavy atom. The second-order valence-electron chi connectivity index (χ2n) is 7.12. The van der Waals surface area contributed by atoms with Crippen LogP contribution in [0.4, 0.5) is 0 Å². The van der Waals surface area contributed by atoms with E-state index in [1.54, 1.807) is 7.11 Å². The van der Waals surface area contributed by atoms with Crippen molar-refractivity contribution in [2.45, 2.75) is 32.2 Å². The number of piperidine rings is 1. The molecule has 1 aliphatic rings. The van der Waals surface area contributed by atoms with Crippen LogP contribution in [0.15, 0.2) is 30.6 Å². The number of amides is 1. The molecule has 3 aromatic rings. The van der Waals surface area contributed by atoms with Crippen LogP contribution in [-0.4, -0.2) is 57.1 Å². The van der Waals surface area contributed by atoms with E-state index in [1.807, 2.05) is 42.4 Å². The van der Waals surface area contributed by atoms with E-state index in [4.69, 9.17) is 4.74 Å². The standard InChI is InChI=1S/C20H25N5O2/c1-14-22-17-6-5-15(12-18(17)23-14)20(26)25-8-3-4-16(13-25)19-21-7-9-24(19)10-11-27-2/h5-7,9,12,16H,3-4,8,10-11,13H2,1-2H3,(H,22,23)/t16-/m0/s1. The van der Waals surface area contributed by atoms with Crippen LogP contribution in [0.25, 0.3) is 11.0 Å². The zero-order valence-electron chi connectivity index (χ0n) is 15.8. The Kier molecular flexibility index (Phi) is 4.94. The molecule has 0 aliphatic carbocycles. The van der Waals surface area contributed by atoms with E-state index in [0.29, 0.717) is 18.7 Å². The first-order valence-electron chi connectivity index (χ1n) is 9.41. The third kappa shape index (κ3) is 3.60. The molecular formula is C20H25N5O2. The average Bonchev–Trinajstić information content (AvgIpc) is 3.30. The molecule has 1 atom stereocenters. The number of imidazole rings is 2. The molecule has 27 heavy (non-hydrogen) atoms. The molecule has 1 saturated heterocycles. The highest BCUT2D eigenvalue weighted by atomic mass is 16.5. The lowest BCUT2D eigenvalue weighted by molar-refractivity contribution is 0.0702. The summed E-state index contributed by atoms with van der Waals surface area (Å²) in [6, 6.07) is 5.68. The Bertz CT molecular complexity index is 945. The quantitative estimate of drug-likeness (QED) is 0.752. The molecule has 1 aliphatic heterocycles. The molecule has 1 amide bonds. The first-order valence-corrected chi connectivity index (χ1v) is 9.41. The van der Waals surface area contributed by atoms with Crippen molar-refractivity contribution in [1.29, 1.82) is 0 Å². The summed E-state index contributed by atoms with van der Waals surface area (Å²) in [7, 11) is 1.70. The Balaban J connectivity index is 1.51. The predicted molar refractivity (Wildman–Crippen MR) is 103 cm³/mol. The van der Waals surface area contributed by atoms with Gasteiger partial charge in [0.15, 0.2) is 0 Å². The number of likely N-dealkylation sites (tertiary alicyclic amines) is 1. The highest BCUT2D eigenvalue weighted by Gasteiger charge is 2.28. The van der Waals surface area contributed by atoms with E-state index in [0.717, 1.165) is 48.6 Å². The van der Waals surface area contributed by atoms with E-state index in [2.05, 4.69) is 19.5 Å². The molecule has 7 nitrogen and oxygen atoms in total. The smallest absolute Gasteiger partial charge is 0.253 e. The highest BCUT2D eigenvalue weighted by Crippen LogP contribution is 2.27. The number of methoxy groups -OCH3 is 1. The van der Waals surface area contributed by atoms with Gasteiger partial charge in [-0.3, -0.25) is 4.79 Å². The number of aromatic amines is 1. The van der Waals surface area contributed by atoms with Crippen molar-refractivity contribution in [1.82, 2.24) is 24.4 Å². The van der Waals surface area contributed by atoms with Crippen LogP contribution in [0.3, 0.4) is 0 Å². The maximum atomic E-state index is 13.1. The van der Waals surface area contributed by atoms with Crippen molar-refractivity contribution in [2.75, 3.05) is 26.8 Å². The van der Waals surface area contributed by atoms with Gasteiger partial charge in [0.25, 0.3) is 5.91 Å². The van der Waals surface area contributed by atoms with Crippen LogP contribution in [0.1, 0.15) is 40.8 Å². The van der Waals surface area contributed by atoms with Gasteiger partial charge in [0.2, 0.25) is 0 Å². The third-order valence-corrected chi connectivity index (χ3v) is 5.20. The Hall–Kier alpha value is -2.67.